The smallest absolute Gasteiger partial charge is 0.272 e. The molecule has 3 rings (SSSR count). The minimum Gasteiger partial charge on any atom is -0.392 e. The molecule has 3 atom stereocenters. The number of β-amino-alcohol motifs (C(OH)–C–C–N with tert-alkyl or cyclic N) is 1. The quantitative estimate of drug-likeness (QED) is 0.552. The number of nitrogens with zero attached hydrogens (tertiary/aromatic N) is 2. The second-order valence-electron chi connectivity index (χ2n) is 7.32. The Morgan fingerprint density at radius 1 is 1.22 bits per heavy atom. The predicted octanol–water partition coefficient (Wildman–Crippen LogP) is 2.92. The highest BCUT2D eigenvalue weighted by Crippen LogP contribution is 2.22. The Kier molecular flexibility index (Phi) is 6.55. The summed E-state index contributed by atoms with van der Waals surface area (Å²) in [6.07, 6.45) is 1.15. The lowest BCUT2D eigenvalue weighted by atomic mass is 10.0. The van der Waals surface area contributed by atoms with Crippen molar-refractivity contribution in [3.63, 3.8) is 0 Å². The van der Waals surface area contributed by atoms with Crippen LogP contribution in [0.25, 0.3) is 0 Å². The summed E-state index contributed by atoms with van der Waals surface area (Å²) >= 11 is 0. The van der Waals surface area contributed by atoms with Crippen LogP contribution in [0.4, 0.5) is 5.69 Å². The van der Waals surface area contributed by atoms with Crippen molar-refractivity contribution in [1.82, 2.24) is 10.2 Å². The van der Waals surface area contributed by atoms with E-state index in [0.29, 0.717) is 13.0 Å². The molecule has 2 aromatic carbocycles. The van der Waals surface area contributed by atoms with Gasteiger partial charge in [0.05, 0.1) is 11.0 Å². The van der Waals surface area contributed by atoms with Crippen LogP contribution in [0.5, 0.6) is 0 Å². The van der Waals surface area contributed by atoms with E-state index in [1.807, 2.05) is 30.3 Å². The number of para-hydroxylation sites is 1. The number of hydrogen-bond donors (Lipinski definition) is 2. The van der Waals surface area contributed by atoms with Gasteiger partial charge >= 0.3 is 0 Å². The molecule has 6 heteroatoms. The van der Waals surface area contributed by atoms with Crippen LogP contribution < -0.4 is 5.32 Å². The van der Waals surface area contributed by atoms with E-state index in [9.17, 15) is 15.2 Å². The number of aliphatic hydroxyl groups is 1. The summed E-state index contributed by atoms with van der Waals surface area (Å²) in [6.45, 7) is 4.46. The Morgan fingerprint density at radius 3 is 2.59 bits per heavy atom. The van der Waals surface area contributed by atoms with E-state index in [-0.39, 0.29) is 28.8 Å². The molecule has 0 amide bonds. The summed E-state index contributed by atoms with van der Waals surface area (Å²) in [5.41, 5.74) is 2.10. The molecule has 1 aliphatic rings. The van der Waals surface area contributed by atoms with Gasteiger partial charge in [-0.05, 0) is 25.3 Å². The SMILES string of the molecule is CC(Cc1ccccc1[N+](=O)[O-])N[C@H](CN1CCC(O)C1)c1ccccc1. The standard InChI is InChI=1S/C21H27N3O3/c1-16(13-18-9-5-6-10-21(18)24(26)27)22-20(17-7-3-2-4-8-17)15-23-12-11-19(25)14-23/h2-10,16,19-20,22,25H,11-15H2,1H3/t16?,19?,20-/m1/s1. The van der Waals surface area contributed by atoms with E-state index < -0.39 is 0 Å². The van der Waals surface area contributed by atoms with Gasteiger partial charge in [-0.3, -0.25) is 15.0 Å². The third kappa shape index (κ3) is 5.35. The predicted molar refractivity (Wildman–Crippen MR) is 106 cm³/mol. The van der Waals surface area contributed by atoms with Crippen LogP contribution in [0.15, 0.2) is 54.6 Å². The monoisotopic (exact) mass is 369 g/mol. The van der Waals surface area contributed by atoms with Crippen LogP contribution in [0, 0.1) is 10.1 Å². The van der Waals surface area contributed by atoms with Gasteiger partial charge in [-0.1, -0.05) is 48.5 Å². The molecular formula is C21H27N3O3. The summed E-state index contributed by atoms with van der Waals surface area (Å²) < 4.78 is 0. The largest absolute Gasteiger partial charge is 0.392 e. The van der Waals surface area contributed by atoms with Crippen LogP contribution in [-0.4, -0.2) is 46.7 Å². The summed E-state index contributed by atoms with van der Waals surface area (Å²) in [7, 11) is 0. The molecule has 2 unspecified atom stereocenters. The molecule has 1 heterocycles. The van der Waals surface area contributed by atoms with Crippen molar-refractivity contribution in [1.29, 1.82) is 0 Å². The summed E-state index contributed by atoms with van der Waals surface area (Å²) in [5, 5.41) is 24.7. The average molecular weight is 369 g/mol. The number of rotatable bonds is 8. The third-order valence-electron chi connectivity index (χ3n) is 5.09. The van der Waals surface area contributed by atoms with Gasteiger partial charge in [-0.15, -0.1) is 0 Å². The topological polar surface area (TPSA) is 78.6 Å². The molecule has 0 bridgehead atoms. The van der Waals surface area contributed by atoms with Crippen molar-refractivity contribution >= 4 is 5.69 Å². The number of nitro groups is 1. The van der Waals surface area contributed by atoms with Crippen molar-refractivity contribution in [3.8, 4) is 0 Å². The first-order valence-corrected chi connectivity index (χ1v) is 9.46. The molecule has 2 aromatic rings. The van der Waals surface area contributed by atoms with Gasteiger partial charge in [0, 0.05) is 43.3 Å². The van der Waals surface area contributed by atoms with Crippen LogP contribution >= 0.6 is 0 Å². The van der Waals surface area contributed by atoms with Crippen molar-refractivity contribution in [2.24, 2.45) is 0 Å². The molecule has 0 aliphatic carbocycles. The van der Waals surface area contributed by atoms with Gasteiger partial charge in [0.1, 0.15) is 0 Å². The van der Waals surface area contributed by atoms with Crippen molar-refractivity contribution in [2.45, 2.75) is 38.0 Å². The van der Waals surface area contributed by atoms with Crippen LogP contribution in [0.3, 0.4) is 0 Å². The molecule has 1 aliphatic heterocycles. The van der Waals surface area contributed by atoms with Gasteiger partial charge in [-0.2, -0.15) is 0 Å². The highest BCUT2D eigenvalue weighted by atomic mass is 16.6. The first-order valence-electron chi connectivity index (χ1n) is 9.46. The zero-order valence-electron chi connectivity index (χ0n) is 15.6. The molecule has 6 nitrogen and oxygen atoms in total. The van der Waals surface area contributed by atoms with Gasteiger partial charge in [-0.25, -0.2) is 0 Å². The Bertz CT molecular complexity index is 753. The fraction of sp³-hybridized carbons (Fsp3) is 0.429. The minimum atomic E-state index is -0.317. The Labute approximate surface area is 160 Å². The maximum atomic E-state index is 11.3. The molecule has 1 saturated heterocycles. The zero-order chi connectivity index (χ0) is 19.2. The minimum absolute atomic E-state index is 0.0730. The Hall–Kier alpha value is -2.28. The molecule has 0 spiro atoms. The van der Waals surface area contributed by atoms with Gasteiger partial charge in [0.15, 0.2) is 0 Å². The summed E-state index contributed by atoms with van der Waals surface area (Å²) in [4.78, 5) is 13.2. The zero-order valence-corrected chi connectivity index (χ0v) is 15.6. The first-order chi connectivity index (χ1) is 13.0. The number of hydrogen-bond acceptors (Lipinski definition) is 5. The van der Waals surface area contributed by atoms with E-state index in [4.69, 9.17) is 0 Å². The molecule has 0 aromatic heterocycles. The molecule has 27 heavy (non-hydrogen) atoms. The van der Waals surface area contributed by atoms with Crippen molar-refractivity contribution in [3.05, 3.63) is 75.8 Å². The first kappa shape index (κ1) is 19.5. The van der Waals surface area contributed by atoms with E-state index in [1.54, 1.807) is 12.1 Å². The van der Waals surface area contributed by atoms with Crippen molar-refractivity contribution in [2.75, 3.05) is 19.6 Å². The fourth-order valence-corrected chi connectivity index (χ4v) is 3.77. The van der Waals surface area contributed by atoms with E-state index in [1.165, 1.54) is 5.56 Å². The maximum Gasteiger partial charge on any atom is 0.272 e. The van der Waals surface area contributed by atoms with Crippen LogP contribution in [0.2, 0.25) is 0 Å². The molecule has 0 saturated carbocycles. The van der Waals surface area contributed by atoms with Crippen molar-refractivity contribution < 1.29 is 10.0 Å². The maximum absolute atomic E-state index is 11.3. The van der Waals surface area contributed by atoms with Crippen LogP contribution in [0.1, 0.15) is 30.5 Å². The second-order valence-corrected chi connectivity index (χ2v) is 7.32. The van der Waals surface area contributed by atoms with Gasteiger partial charge in [0.2, 0.25) is 0 Å². The van der Waals surface area contributed by atoms with E-state index in [0.717, 1.165) is 25.1 Å². The second kappa shape index (κ2) is 9.08. The third-order valence-corrected chi connectivity index (χ3v) is 5.09. The molecule has 1 fully saturated rings. The average Bonchev–Trinajstić information content (AvgIpc) is 3.07. The highest BCUT2D eigenvalue weighted by molar-refractivity contribution is 5.40. The van der Waals surface area contributed by atoms with Crippen LogP contribution in [-0.2, 0) is 6.42 Å². The Morgan fingerprint density at radius 2 is 1.93 bits per heavy atom. The number of nitrogens with one attached hydrogen (secondary N) is 1. The highest BCUT2D eigenvalue weighted by Gasteiger charge is 2.25. The van der Waals surface area contributed by atoms with Gasteiger partial charge in [0.25, 0.3) is 5.69 Å². The number of aliphatic hydroxyl groups excluding tert-OH is 1. The number of benzene rings is 2. The van der Waals surface area contributed by atoms with E-state index in [2.05, 4.69) is 29.3 Å². The Balaban J connectivity index is 1.70. The lowest BCUT2D eigenvalue weighted by Crippen LogP contribution is -2.39. The summed E-state index contributed by atoms with van der Waals surface area (Å²) in [5.74, 6) is 0. The number of likely N-dealkylation sites (tertiary alicyclic amines) is 1. The molecule has 0 radical (unpaired) electrons. The molecular weight excluding hydrogens is 342 g/mol. The summed E-state index contributed by atoms with van der Waals surface area (Å²) in [6, 6.07) is 17.3. The lowest BCUT2D eigenvalue weighted by molar-refractivity contribution is -0.385. The fourth-order valence-electron chi connectivity index (χ4n) is 3.77. The lowest BCUT2D eigenvalue weighted by Gasteiger charge is -2.28. The van der Waals surface area contributed by atoms with Gasteiger partial charge < -0.3 is 10.4 Å². The molecule has 144 valence electrons. The molecule has 2 N–H and O–H groups in total. The number of nitro benzene ring substituents is 1. The normalized spacial score (nSPS) is 19.7. The van der Waals surface area contributed by atoms with E-state index >= 15 is 0 Å².